The molecule has 25 heteroatoms. The fourth-order valence-corrected chi connectivity index (χ4v) is 17.1. The third-order valence-electron chi connectivity index (χ3n) is 20.3. The number of thiazole rings is 1. The molecule has 1 aromatic carbocycles. The number of benzene rings is 1. The summed E-state index contributed by atoms with van der Waals surface area (Å²) in [6.07, 6.45) is 38.3. The standard InChI is InChI=1S/C20H14N5.2C15H12N5.C14H9N4O.C14H9N4S/c1-2-5-15(6-3-1)24-18-13-23-12-14-11-21-10-8-16(14)20(23)25(18)17-7-4-9-22-19(17)24;2*1-18-12-3-2-5-17-14(12)20-9-19-8-10-7-16-6-4-11(10)13(19)15(18)20;2*1-2-11-13(16-4-1)19-12-8-17-7-9-6-15-5-3-10(9)14(17)18(11)12/h1-11,13H,12H2;2*2-7,9H,8H2,1H3;2*1-6,8H,7H2/q5*+1/i;1D3;;;. The Hall–Kier alpha value is -13.8. The highest BCUT2D eigenvalue weighted by Gasteiger charge is 2.38. The third kappa shape index (κ3) is 8.35. The van der Waals surface area contributed by atoms with Crippen LogP contribution in [0, 0.1) is 0 Å². The summed E-state index contributed by atoms with van der Waals surface area (Å²) in [6, 6.07) is 40.5. The highest BCUT2D eigenvalue weighted by molar-refractivity contribution is 7.23. The first-order valence-electron chi connectivity index (χ1n) is 35.1. The van der Waals surface area contributed by atoms with E-state index < -0.39 is 6.98 Å². The second-order valence-electron chi connectivity index (χ2n) is 26.0. The molecule has 0 fully saturated rings. The van der Waals surface area contributed by atoms with Gasteiger partial charge in [-0.25, -0.2) is 28.7 Å². The van der Waals surface area contributed by atoms with Gasteiger partial charge in [-0.05, 0) is 103 Å². The van der Waals surface area contributed by atoms with E-state index in [-0.39, 0.29) is 0 Å². The van der Waals surface area contributed by atoms with Crippen molar-refractivity contribution in [2.24, 2.45) is 14.0 Å². The molecule has 21 aromatic rings. The summed E-state index contributed by atoms with van der Waals surface area (Å²) in [5.41, 5.74) is 27.6. The molecule has 25 heterocycles. The minimum atomic E-state index is -2.28. The van der Waals surface area contributed by atoms with Gasteiger partial charge in [0.15, 0.2) is 74.5 Å². The minimum absolute atomic E-state index is 0.605. The molecule has 103 heavy (non-hydrogen) atoms. The van der Waals surface area contributed by atoms with Gasteiger partial charge in [0.1, 0.15) is 25.8 Å². The number of oxazole rings is 1. The molecule has 0 saturated heterocycles. The van der Waals surface area contributed by atoms with E-state index in [1.165, 1.54) is 82.4 Å². The van der Waals surface area contributed by atoms with Gasteiger partial charge >= 0.3 is 5.71 Å². The molecule has 0 saturated carbocycles. The lowest BCUT2D eigenvalue weighted by Crippen LogP contribution is -2.29. The average molecular weight is 1370 g/mol. The number of fused-ring (bicyclic) bond motifs is 35. The molecular formula is C78H56N23OS+5. The quantitative estimate of drug-likeness (QED) is 0.142. The first-order chi connectivity index (χ1) is 52.1. The maximum absolute atomic E-state index is 7.97. The topological polar surface area (TPSA) is 200 Å². The van der Waals surface area contributed by atoms with E-state index in [1.54, 1.807) is 42.1 Å². The molecule has 5 aliphatic rings. The number of nitrogens with zero attached hydrogens (tertiary/aromatic N) is 23. The summed E-state index contributed by atoms with van der Waals surface area (Å²) < 4.78 is 57.4. The summed E-state index contributed by atoms with van der Waals surface area (Å²) in [6.45, 7) is 1.90. The van der Waals surface area contributed by atoms with Gasteiger partial charge in [-0.2, -0.15) is 22.0 Å². The number of hydrogen-bond donors (Lipinski definition) is 0. The van der Waals surface area contributed by atoms with Crippen LogP contribution in [0.2, 0.25) is 0 Å². The van der Waals surface area contributed by atoms with Crippen LogP contribution in [-0.2, 0) is 46.7 Å². The van der Waals surface area contributed by atoms with E-state index in [0.29, 0.717) is 29.1 Å². The fraction of sp³-hybridized carbons (Fsp3) is 0.0897. The molecule has 24 nitrogen and oxygen atoms in total. The maximum Gasteiger partial charge on any atom is 0.337 e. The smallest absolute Gasteiger partial charge is 0.337 e. The van der Waals surface area contributed by atoms with Crippen LogP contribution in [0.1, 0.15) is 31.9 Å². The number of hydrogen-bond acceptors (Lipinski definition) is 12. The number of aromatic nitrogens is 23. The SMILES string of the molecule is Cn1c2cccnc2[n+]2cn3c(c12)-c1ccncc1C3.[2H]C([2H])([2H])n1c2cccnc2[n+]2cn3c(c12)-c1ccncc1C3.c1ccc(-n2c3ncccc3n3c4[n+](cc23)Cc2cnccc2-4)cc1.c1cnc2oc3c[n+]4c(n3c2c1)-c1ccncc1C4.c1cnc2sc3c[n+]4c(n3c2c1)-c1ccncc1C4. The van der Waals surface area contributed by atoms with Gasteiger partial charge in [-0.1, -0.05) is 29.5 Å². The average Bonchev–Trinajstić information content (AvgIpc) is 1.55. The van der Waals surface area contributed by atoms with Crippen molar-refractivity contribution in [1.29, 1.82) is 0 Å². The minimum Gasteiger partial charge on any atom is -0.396 e. The van der Waals surface area contributed by atoms with Gasteiger partial charge in [0, 0.05) is 134 Å². The van der Waals surface area contributed by atoms with E-state index in [1.807, 2.05) is 134 Å². The summed E-state index contributed by atoms with van der Waals surface area (Å²) in [4.78, 5) is 45.7. The van der Waals surface area contributed by atoms with E-state index in [2.05, 4.69) is 192 Å². The lowest BCUT2D eigenvalue weighted by molar-refractivity contribution is -0.670. The normalized spacial score (nSPS) is 13.5. The van der Waals surface area contributed by atoms with E-state index in [4.69, 9.17) is 8.53 Å². The van der Waals surface area contributed by atoms with Crippen LogP contribution in [-0.4, -0.2) is 85.9 Å². The molecule has 0 radical (unpaired) electrons. The molecule has 0 aliphatic carbocycles. The Labute approximate surface area is 590 Å². The predicted octanol–water partition coefficient (Wildman–Crippen LogP) is 10.1. The van der Waals surface area contributed by atoms with Crippen molar-refractivity contribution in [3.05, 3.63) is 273 Å². The van der Waals surface area contributed by atoms with Crippen LogP contribution < -0.4 is 22.5 Å². The van der Waals surface area contributed by atoms with Gasteiger partial charge in [0.05, 0.1) is 52.0 Å². The van der Waals surface area contributed by atoms with Gasteiger partial charge < -0.3 is 4.42 Å². The number of imidazole rings is 8. The van der Waals surface area contributed by atoms with E-state index in [0.717, 1.165) is 98.5 Å². The molecular weight excluding hydrogens is 1310 g/mol. The molecule has 0 unspecified atom stereocenters. The van der Waals surface area contributed by atoms with Crippen LogP contribution in [0.25, 0.3) is 145 Å². The summed E-state index contributed by atoms with van der Waals surface area (Å²) in [7, 11) is 2.10. The number of aryl methyl sites for hydroxylation is 2. The molecule has 20 aromatic heterocycles. The molecule has 0 spiro atoms. The van der Waals surface area contributed by atoms with E-state index >= 15 is 0 Å². The van der Waals surface area contributed by atoms with Crippen molar-refractivity contribution < 1.29 is 31.0 Å². The summed E-state index contributed by atoms with van der Waals surface area (Å²) in [5.74, 6) is 3.57. The molecule has 0 atom stereocenters. The Morgan fingerprint density at radius 2 is 0.932 bits per heavy atom. The Morgan fingerprint density at radius 3 is 1.55 bits per heavy atom. The molecule has 5 aliphatic heterocycles. The second-order valence-corrected chi connectivity index (χ2v) is 27.0. The lowest BCUT2D eigenvalue weighted by atomic mass is 10.1. The zero-order valence-electron chi connectivity index (χ0n) is 57.7. The highest BCUT2D eigenvalue weighted by Crippen LogP contribution is 2.39. The van der Waals surface area contributed by atoms with Gasteiger partial charge in [0.2, 0.25) is 16.1 Å². The molecule has 0 amide bonds. The van der Waals surface area contributed by atoms with Crippen LogP contribution in [0.3, 0.4) is 0 Å². The third-order valence-corrected chi connectivity index (χ3v) is 21.3. The summed E-state index contributed by atoms with van der Waals surface area (Å²) in [5, 5.41) is 0. The first-order valence-corrected chi connectivity index (χ1v) is 34.4. The zero-order chi connectivity index (χ0) is 70.2. The maximum atomic E-state index is 7.97. The number of pyridine rings is 10. The lowest BCUT2D eigenvalue weighted by Gasteiger charge is -2.01. The molecule has 0 N–H and O–H groups in total. The Balaban J connectivity index is 0.0000000830. The van der Waals surface area contributed by atoms with Gasteiger partial charge in [0.25, 0.3) is 40.1 Å². The van der Waals surface area contributed by atoms with Crippen molar-refractivity contribution in [3.63, 3.8) is 0 Å². The van der Waals surface area contributed by atoms with Crippen molar-refractivity contribution in [2.45, 2.75) is 32.7 Å². The van der Waals surface area contributed by atoms with Crippen molar-refractivity contribution in [1.82, 2.24) is 85.9 Å². The van der Waals surface area contributed by atoms with Gasteiger partial charge in [-0.15, -0.1) is 9.97 Å². The van der Waals surface area contributed by atoms with Gasteiger partial charge in [-0.3, -0.25) is 47.8 Å². The predicted molar refractivity (Wildman–Crippen MR) is 384 cm³/mol. The molecule has 0 bridgehead atoms. The number of rotatable bonds is 1. The highest BCUT2D eigenvalue weighted by atomic mass is 32.1. The van der Waals surface area contributed by atoms with Crippen LogP contribution >= 0.6 is 11.3 Å². The van der Waals surface area contributed by atoms with Crippen molar-refractivity contribution in [3.8, 4) is 62.4 Å². The van der Waals surface area contributed by atoms with Crippen LogP contribution in [0.5, 0.6) is 0 Å². The second kappa shape index (κ2) is 21.8. The van der Waals surface area contributed by atoms with Crippen molar-refractivity contribution >= 4 is 93.9 Å². The monoisotopic (exact) mass is 1370 g/mol. The largest absolute Gasteiger partial charge is 0.396 e. The Morgan fingerprint density at radius 1 is 0.437 bits per heavy atom. The van der Waals surface area contributed by atoms with E-state index in [9.17, 15) is 0 Å². The zero-order valence-corrected chi connectivity index (χ0v) is 55.5. The Kier molecular flexibility index (Phi) is 11.5. The fourth-order valence-electron chi connectivity index (χ4n) is 16.0. The first kappa shape index (κ1) is 54.1. The van der Waals surface area contributed by atoms with Crippen molar-refractivity contribution in [2.75, 3.05) is 0 Å². The van der Waals surface area contributed by atoms with Crippen LogP contribution in [0.4, 0.5) is 0 Å². The number of para-hydroxylation sites is 1. The molecule has 26 rings (SSSR count). The molecule has 490 valence electrons. The van der Waals surface area contributed by atoms with Crippen LogP contribution in [0.15, 0.2) is 250 Å². The Bertz CT molecular complexity index is 7090. The summed E-state index contributed by atoms with van der Waals surface area (Å²) >= 11 is 1.74.